The van der Waals surface area contributed by atoms with Crippen molar-refractivity contribution in [3.8, 4) is 6.07 Å². The Labute approximate surface area is 119 Å². The van der Waals surface area contributed by atoms with Crippen LogP contribution in [-0.2, 0) is 6.54 Å². The molecular formula is C15H18ClN3. The summed E-state index contributed by atoms with van der Waals surface area (Å²) in [6.07, 6.45) is 2.64. The van der Waals surface area contributed by atoms with Gasteiger partial charge in [-0.05, 0) is 43.0 Å². The Balaban J connectivity index is 1.67. The van der Waals surface area contributed by atoms with E-state index in [0.717, 1.165) is 37.7 Å². The lowest BCUT2D eigenvalue weighted by Crippen LogP contribution is -2.40. The molecule has 19 heavy (non-hydrogen) atoms. The molecular weight excluding hydrogens is 258 g/mol. The highest BCUT2D eigenvalue weighted by Gasteiger charge is 2.34. The van der Waals surface area contributed by atoms with Crippen molar-refractivity contribution in [3.63, 3.8) is 0 Å². The molecule has 0 bridgehead atoms. The van der Waals surface area contributed by atoms with E-state index in [-0.39, 0.29) is 0 Å². The van der Waals surface area contributed by atoms with Gasteiger partial charge in [0.05, 0.1) is 11.6 Å². The van der Waals surface area contributed by atoms with Crippen molar-refractivity contribution in [1.82, 2.24) is 10.2 Å². The molecule has 0 aliphatic carbocycles. The van der Waals surface area contributed by atoms with Crippen molar-refractivity contribution in [2.24, 2.45) is 5.92 Å². The van der Waals surface area contributed by atoms with E-state index in [1.54, 1.807) is 6.07 Å². The third-order valence-corrected chi connectivity index (χ3v) is 4.60. The Morgan fingerprint density at radius 2 is 2.32 bits per heavy atom. The number of rotatable bonds is 2. The number of fused-ring (bicyclic) bond motifs is 1. The molecule has 0 amide bonds. The average molecular weight is 276 g/mol. The smallest absolute Gasteiger partial charge is 0.0992 e. The molecule has 2 saturated heterocycles. The molecule has 2 aliphatic heterocycles. The first kappa shape index (κ1) is 12.9. The molecule has 0 aromatic heterocycles. The lowest BCUT2D eigenvalue weighted by Gasteiger charge is -2.24. The molecule has 1 aromatic carbocycles. The molecule has 1 aromatic rings. The quantitative estimate of drug-likeness (QED) is 0.901. The monoisotopic (exact) mass is 275 g/mol. The van der Waals surface area contributed by atoms with E-state index in [2.05, 4.69) is 16.3 Å². The van der Waals surface area contributed by atoms with Crippen LogP contribution in [0.1, 0.15) is 24.0 Å². The first-order valence-electron chi connectivity index (χ1n) is 6.90. The number of hydrogen-bond acceptors (Lipinski definition) is 3. The maximum absolute atomic E-state index is 8.85. The second-order valence-electron chi connectivity index (χ2n) is 5.58. The highest BCUT2D eigenvalue weighted by Crippen LogP contribution is 2.27. The maximum atomic E-state index is 8.85. The number of nitrogens with one attached hydrogen (secondary N) is 1. The minimum Gasteiger partial charge on any atom is -0.312 e. The lowest BCUT2D eigenvalue weighted by molar-refractivity contribution is 0.313. The summed E-state index contributed by atoms with van der Waals surface area (Å²) in [6.45, 7) is 4.32. The maximum Gasteiger partial charge on any atom is 0.0992 e. The summed E-state index contributed by atoms with van der Waals surface area (Å²) in [5, 5.41) is 13.2. The van der Waals surface area contributed by atoms with Crippen LogP contribution < -0.4 is 5.32 Å². The SMILES string of the molecule is N#Cc1ccc(CN2CC3CCCNC3C2)c(Cl)c1. The predicted octanol–water partition coefficient (Wildman–Crippen LogP) is 2.40. The van der Waals surface area contributed by atoms with Crippen LogP contribution in [0.15, 0.2) is 18.2 Å². The third kappa shape index (κ3) is 2.76. The Bertz CT molecular complexity index is 495. The molecule has 100 valence electrons. The Kier molecular flexibility index (Phi) is 3.74. The second kappa shape index (κ2) is 5.50. The van der Waals surface area contributed by atoms with E-state index in [1.165, 1.54) is 12.8 Å². The van der Waals surface area contributed by atoms with Gasteiger partial charge in [-0.3, -0.25) is 4.90 Å². The number of likely N-dealkylation sites (tertiary alicyclic amines) is 1. The van der Waals surface area contributed by atoms with Crippen LogP contribution >= 0.6 is 11.6 Å². The molecule has 2 aliphatic rings. The van der Waals surface area contributed by atoms with E-state index < -0.39 is 0 Å². The number of hydrogen-bond donors (Lipinski definition) is 1. The Morgan fingerprint density at radius 3 is 3.05 bits per heavy atom. The zero-order valence-corrected chi connectivity index (χ0v) is 11.7. The van der Waals surface area contributed by atoms with Gasteiger partial charge in [0.25, 0.3) is 0 Å². The summed E-state index contributed by atoms with van der Waals surface area (Å²) in [7, 11) is 0. The third-order valence-electron chi connectivity index (χ3n) is 4.25. The highest BCUT2D eigenvalue weighted by molar-refractivity contribution is 6.31. The molecule has 0 spiro atoms. The van der Waals surface area contributed by atoms with Gasteiger partial charge in [0.15, 0.2) is 0 Å². The first-order valence-corrected chi connectivity index (χ1v) is 7.28. The summed E-state index contributed by atoms with van der Waals surface area (Å²) in [4.78, 5) is 2.47. The molecule has 2 unspecified atom stereocenters. The van der Waals surface area contributed by atoms with Gasteiger partial charge < -0.3 is 5.32 Å². The summed E-state index contributed by atoms with van der Waals surface area (Å²) in [5.74, 6) is 0.797. The summed E-state index contributed by atoms with van der Waals surface area (Å²) >= 11 is 6.25. The van der Waals surface area contributed by atoms with Crippen LogP contribution in [0.5, 0.6) is 0 Å². The molecule has 4 heteroatoms. The van der Waals surface area contributed by atoms with Gasteiger partial charge in [0, 0.05) is 30.7 Å². The van der Waals surface area contributed by atoms with Gasteiger partial charge in [0.1, 0.15) is 0 Å². The van der Waals surface area contributed by atoms with E-state index in [0.29, 0.717) is 16.6 Å². The molecule has 2 fully saturated rings. The van der Waals surface area contributed by atoms with E-state index in [1.807, 2.05) is 12.1 Å². The fraction of sp³-hybridized carbons (Fsp3) is 0.533. The lowest BCUT2D eigenvalue weighted by atomic mass is 9.94. The predicted molar refractivity (Wildman–Crippen MR) is 76.0 cm³/mol. The summed E-state index contributed by atoms with van der Waals surface area (Å²) in [6, 6.07) is 8.37. The minimum absolute atomic E-state index is 0.630. The standard InChI is InChI=1S/C15H18ClN3/c16-14-6-11(7-17)3-4-12(14)8-19-9-13-2-1-5-18-15(13)10-19/h3-4,6,13,15,18H,1-2,5,8-10H2. The van der Waals surface area contributed by atoms with Crippen molar-refractivity contribution in [2.45, 2.75) is 25.4 Å². The largest absolute Gasteiger partial charge is 0.312 e. The molecule has 2 atom stereocenters. The molecule has 0 saturated carbocycles. The van der Waals surface area contributed by atoms with Crippen LogP contribution in [0, 0.1) is 17.2 Å². The van der Waals surface area contributed by atoms with E-state index in [4.69, 9.17) is 16.9 Å². The number of nitrogens with zero attached hydrogens (tertiary/aromatic N) is 2. The van der Waals surface area contributed by atoms with Gasteiger partial charge in [-0.2, -0.15) is 5.26 Å². The van der Waals surface area contributed by atoms with Gasteiger partial charge in [-0.1, -0.05) is 17.7 Å². The van der Waals surface area contributed by atoms with E-state index in [9.17, 15) is 0 Å². The highest BCUT2D eigenvalue weighted by atomic mass is 35.5. The zero-order valence-electron chi connectivity index (χ0n) is 10.9. The fourth-order valence-corrected chi connectivity index (χ4v) is 3.49. The normalized spacial score (nSPS) is 26.9. The minimum atomic E-state index is 0.630. The average Bonchev–Trinajstić information content (AvgIpc) is 2.83. The second-order valence-corrected chi connectivity index (χ2v) is 5.98. The first-order chi connectivity index (χ1) is 9.26. The van der Waals surface area contributed by atoms with Crippen molar-refractivity contribution < 1.29 is 0 Å². The molecule has 0 radical (unpaired) electrons. The van der Waals surface area contributed by atoms with Crippen LogP contribution in [0.2, 0.25) is 5.02 Å². The van der Waals surface area contributed by atoms with Gasteiger partial charge >= 0.3 is 0 Å². The molecule has 3 nitrogen and oxygen atoms in total. The van der Waals surface area contributed by atoms with Crippen molar-refractivity contribution in [3.05, 3.63) is 34.3 Å². The molecule has 1 N–H and O–H groups in total. The van der Waals surface area contributed by atoms with E-state index >= 15 is 0 Å². The van der Waals surface area contributed by atoms with Gasteiger partial charge in [-0.15, -0.1) is 0 Å². The van der Waals surface area contributed by atoms with Crippen molar-refractivity contribution >= 4 is 11.6 Å². The van der Waals surface area contributed by atoms with Crippen molar-refractivity contribution in [1.29, 1.82) is 5.26 Å². The van der Waals surface area contributed by atoms with Crippen molar-refractivity contribution in [2.75, 3.05) is 19.6 Å². The van der Waals surface area contributed by atoms with Crippen LogP contribution in [0.25, 0.3) is 0 Å². The zero-order chi connectivity index (χ0) is 13.2. The number of benzene rings is 1. The molecule has 2 heterocycles. The van der Waals surface area contributed by atoms with Gasteiger partial charge in [0.2, 0.25) is 0 Å². The number of halogens is 1. The summed E-state index contributed by atoms with van der Waals surface area (Å²) in [5.41, 5.74) is 1.75. The summed E-state index contributed by atoms with van der Waals surface area (Å²) < 4.78 is 0. The Morgan fingerprint density at radius 1 is 1.42 bits per heavy atom. The number of piperidine rings is 1. The molecule has 3 rings (SSSR count). The van der Waals surface area contributed by atoms with Crippen LogP contribution in [0.3, 0.4) is 0 Å². The Hall–Kier alpha value is -1.08. The van der Waals surface area contributed by atoms with Gasteiger partial charge in [-0.25, -0.2) is 0 Å². The number of nitriles is 1. The fourth-order valence-electron chi connectivity index (χ4n) is 3.25. The van der Waals surface area contributed by atoms with Crippen LogP contribution in [-0.4, -0.2) is 30.6 Å². The topological polar surface area (TPSA) is 39.1 Å². The van der Waals surface area contributed by atoms with Crippen LogP contribution in [0.4, 0.5) is 0 Å².